The summed E-state index contributed by atoms with van der Waals surface area (Å²) >= 11 is 0. The molecule has 2 unspecified atom stereocenters. The van der Waals surface area contributed by atoms with Crippen molar-refractivity contribution in [2.75, 3.05) is 19.8 Å². The fourth-order valence-corrected chi connectivity index (χ4v) is 6.37. The van der Waals surface area contributed by atoms with Gasteiger partial charge in [-0.3, -0.25) is 14.4 Å². The number of likely N-dealkylation sites (N-methyl/N-ethyl adjacent to an activating group) is 1. The first-order valence-corrected chi connectivity index (χ1v) is 11.5. The lowest BCUT2D eigenvalue weighted by molar-refractivity contribution is -0.178. The van der Waals surface area contributed by atoms with Crippen molar-refractivity contribution in [2.24, 2.45) is 23.5 Å². The van der Waals surface area contributed by atoms with Crippen LogP contribution in [0.15, 0.2) is 40.4 Å². The topological polar surface area (TPSA) is 201 Å². The molecule has 5 rings (SSSR count). The minimum absolute atomic E-state index is 0.0359. The monoisotopic (exact) mass is 497 g/mol. The second-order valence-electron chi connectivity index (χ2n) is 10.0. The Labute approximate surface area is 205 Å². The number of benzene rings is 1. The molecule has 8 N–H and O–H groups in total. The standard InChI is InChI=1S/C25H27N3O8/c1-28(2)18-13-6-10-5-12-11(9-3-4-36-8-9)7-14(26)19(29)16(12)20(30)15(10)22(32)25(13,35)23(33)17(21(18)31)24(27)34/h3-4,7-8,10,13,17-18,21,29,31-32,35H,5-6,26H2,1-2H3,(H2,27,34)/t10-,13-,17?,18-,21?,25-/m0/s1. The van der Waals surface area contributed by atoms with Gasteiger partial charge in [0.2, 0.25) is 5.91 Å². The van der Waals surface area contributed by atoms with Crippen LogP contribution in [0.5, 0.6) is 5.75 Å². The maximum absolute atomic E-state index is 13.7. The number of phenolic OH excluding ortho intramolecular Hbond substituents is 1. The Hall–Kier alpha value is -3.67. The summed E-state index contributed by atoms with van der Waals surface area (Å²) in [6.45, 7) is 0. The van der Waals surface area contributed by atoms with E-state index in [1.165, 1.54) is 18.6 Å². The van der Waals surface area contributed by atoms with E-state index in [1.807, 2.05) is 0 Å². The number of carbonyl (C=O) groups excluding carboxylic acids is 3. The molecule has 6 atom stereocenters. The molecule has 1 heterocycles. The van der Waals surface area contributed by atoms with Crippen molar-refractivity contribution < 1.29 is 39.2 Å². The lowest BCUT2D eigenvalue weighted by atomic mass is 9.55. The first-order valence-electron chi connectivity index (χ1n) is 11.5. The molecule has 3 aliphatic rings. The highest BCUT2D eigenvalue weighted by Crippen LogP contribution is 2.53. The summed E-state index contributed by atoms with van der Waals surface area (Å²) in [5.41, 5.74) is 10.0. The van der Waals surface area contributed by atoms with Crippen LogP contribution in [0.2, 0.25) is 0 Å². The Bertz CT molecular complexity index is 1330. The molecule has 11 heteroatoms. The van der Waals surface area contributed by atoms with Gasteiger partial charge < -0.3 is 41.2 Å². The van der Waals surface area contributed by atoms with Gasteiger partial charge in [0, 0.05) is 23.1 Å². The van der Waals surface area contributed by atoms with Crippen LogP contribution in [0.3, 0.4) is 0 Å². The van der Waals surface area contributed by atoms with E-state index in [9.17, 15) is 34.8 Å². The van der Waals surface area contributed by atoms with E-state index in [1.54, 1.807) is 25.1 Å². The smallest absolute Gasteiger partial charge is 0.230 e. The van der Waals surface area contributed by atoms with Gasteiger partial charge in [-0.15, -0.1) is 0 Å². The van der Waals surface area contributed by atoms with Crippen LogP contribution in [0, 0.1) is 17.8 Å². The molecule has 2 aromatic rings. The predicted octanol–water partition coefficient (Wildman–Crippen LogP) is 0.128. The van der Waals surface area contributed by atoms with E-state index in [4.69, 9.17) is 15.9 Å². The number of phenols is 1. The molecule has 0 bridgehead atoms. The number of furan rings is 1. The Balaban J connectivity index is 1.74. The zero-order chi connectivity index (χ0) is 26.3. The summed E-state index contributed by atoms with van der Waals surface area (Å²) in [5.74, 6) is -7.95. The third-order valence-corrected chi connectivity index (χ3v) is 7.96. The van der Waals surface area contributed by atoms with Gasteiger partial charge >= 0.3 is 0 Å². The van der Waals surface area contributed by atoms with Crippen molar-refractivity contribution in [1.82, 2.24) is 4.90 Å². The van der Waals surface area contributed by atoms with Crippen LogP contribution in [-0.2, 0) is 16.0 Å². The van der Waals surface area contributed by atoms with Gasteiger partial charge in [-0.2, -0.15) is 0 Å². The lowest BCUT2D eigenvalue weighted by Crippen LogP contribution is -2.71. The summed E-state index contributed by atoms with van der Waals surface area (Å²) in [7, 11) is 3.22. The number of primary amides is 1. The first-order chi connectivity index (χ1) is 16.9. The zero-order valence-electron chi connectivity index (χ0n) is 19.6. The van der Waals surface area contributed by atoms with Crippen LogP contribution < -0.4 is 11.5 Å². The minimum Gasteiger partial charge on any atom is -0.508 e. The van der Waals surface area contributed by atoms with Gasteiger partial charge in [-0.05, 0) is 56.1 Å². The van der Waals surface area contributed by atoms with Crippen LogP contribution in [-0.4, -0.2) is 74.6 Å². The normalized spacial score (nSPS) is 31.8. The lowest BCUT2D eigenvalue weighted by Gasteiger charge is -2.53. The number of anilines is 1. The Morgan fingerprint density at radius 2 is 1.94 bits per heavy atom. The largest absolute Gasteiger partial charge is 0.508 e. The van der Waals surface area contributed by atoms with Crippen molar-refractivity contribution in [2.45, 2.75) is 30.6 Å². The second-order valence-corrected chi connectivity index (χ2v) is 10.0. The molecule has 1 aromatic heterocycles. The van der Waals surface area contributed by atoms with Crippen LogP contribution in [0.25, 0.3) is 11.1 Å². The van der Waals surface area contributed by atoms with E-state index in [2.05, 4.69) is 0 Å². The molecule has 36 heavy (non-hydrogen) atoms. The second kappa shape index (κ2) is 7.92. The fourth-order valence-electron chi connectivity index (χ4n) is 6.37. The van der Waals surface area contributed by atoms with Crippen molar-refractivity contribution in [3.63, 3.8) is 0 Å². The number of Topliss-reactive ketones (excluding diaryl/α,β-unsaturated/α-hetero) is 2. The number of nitrogens with two attached hydrogens (primary N) is 2. The number of ketones is 2. The van der Waals surface area contributed by atoms with Crippen molar-refractivity contribution in [3.8, 4) is 16.9 Å². The van der Waals surface area contributed by atoms with E-state index in [-0.39, 0.29) is 29.7 Å². The van der Waals surface area contributed by atoms with Gasteiger partial charge in [-0.25, -0.2) is 0 Å². The summed E-state index contributed by atoms with van der Waals surface area (Å²) in [4.78, 5) is 40.8. The molecule has 1 amide bonds. The van der Waals surface area contributed by atoms with Crippen molar-refractivity contribution in [1.29, 1.82) is 0 Å². The highest BCUT2D eigenvalue weighted by atomic mass is 16.4. The number of rotatable bonds is 3. The molecule has 1 saturated carbocycles. The van der Waals surface area contributed by atoms with Gasteiger partial charge in [0.05, 0.1) is 29.9 Å². The van der Waals surface area contributed by atoms with Gasteiger partial charge in [-0.1, -0.05) is 0 Å². The number of aromatic hydroxyl groups is 1. The number of hydrogen-bond donors (Lipinski definition) is 6. The summed E-state index contributed by atoms with van der Waals surface area (Å²) in [6.07, 6.45) is 1.61. The van der Waals surface area contributed by atoms with E-state index >= 15 is 0 Å². The molecule has 0 aliphatic heterocycles. The predicted molar refractivity (Wildman–Crippen MR) is 126 cm³/mol. The molecule has 1 aromatic carbocycles. The number of fused-ring (bicyclic) bond motifs is 3. The number of allylic oxidation sites excluding steroid dienone is 1. The van der Waals surface area contributed by atoms with Crippen LogP contribution in [0.4, 0.5) is 5.69 Å². The Kier molecular flexibility index (Phi) is 5.29. The number of aliphatic hydroxyl groups excluding tert-OH is 2. The average Bonchev–Trinajstić information content (AvgIpc) is 3.33. The number of nitrogens with zero attached hydrogens (tertiary/aromatic N) is 1. The maximum atomic E-state index is 13.7. The number of aliphatic hydroxyl groups is 3. The molecule has 190 valence electrons. The quantitative estimate of drug-likeness (QED) is 0.192. The van der Waals surface area contributed by atoms with E-state index < -0.39 is 64.5 Å². The Morgan fingerprint density at radius 1 is 1.25 bits per heavy atom. The Morgan fingerprint density at radius 3 is 2.53 bits per heavy atom. The summed E-state index contributed by atoms with van der Waals surface area (Å²) in [6, 6.07) is 2.29. The number of hydrogen-bond acceptors (Lipinski definition) is 10. The molecule has 11 nitrogen and oxygen atoms in total. The zero-order valence-corrected chi connectivity index (χ0v) is 19.6. The van der Waals surface area contributed by atoms with Gasteiger partial charge in [0.25, 0.3) is 0 Å². The molecule has 1 fully saturated rings. The van der Waals surface area contributed by atoms with Gasteiger partial charge in [0.15, 0.2) is 17.2 Å². The third-order valence-electron chi connectivity index (χ3n) is 7.96. The highest BCUT2D eigenvalue weighted by molar-refractivity contribution is 6.17. The van der Waals surface area contributed by atoms with Crippen LogP contribution in [0.1, 0.15) is 22.3 Å². The highest BCUT2D eigenvalue weighted by Gasteiger charge is 2.66. The minimum atomic E-state index is -2.63. The van der Waals surface area contributed by atoms with Gasteiger partial charge in [0.1, 0.15) is 17.4 Å². The third kappa shape index (κ3) is 3.00. The molecule has 3 aliphatic carbocycles. The molecular weight excluding hydrogens is 470 g/mol. The molecule has 0 spiro atoms. The van der Waals surface area contributed by atoms with E-state index in [0.717, 1.165) is 0 Å². The first kappa shape index (κ1) is 24.0. The summed E-state index contributed by atoms with van der Waals surface area (Å²) < 4.78 is 5.18. The van der Waals surface area contributed by atoms with E-state index in [0.29, 0.717) is 16.7 Å². The molecule has 0 radical (unpaired) electrons. The average molecular weight is 498 g/mol. The van der Waals surface area contributed by atoms with Crippen LogP contribution >= 0.6 is 0 Å². The van der Waals surface area contributed by atoms with Crippen molar-refractivity contribution >= 4 is 23.2 Å². The number of carbonyl (C=O) groups is 3. The number of nitrogen functional groups attached to an aromatic ring is 1. The fraction of sp³-hybridized carbons (Fsp3) is 0.400. The van der Waals surface area contributed by atoms with Crippen molar-refractivity contribution in [3.05, 3.63) is 47.1 Å². The maximum Gasteiger partial charge on any atom is 0.230 e. The summed E-state index contributed by atoms with van der Waals surface area (Å²) in [5, 5.41) is 44.6. The molecular formula is C25H27N3O8. The molecule has 0 saturated heterocycles. The SMILES string of the molecule is CN(C)[C@@H]1C(O)C(C(N)=O)C(=O)[C@@]2(O)C(O)=C3C(=O)c4c(O)c(N)cc(-c5ccoc5)c4C[C@H]3C[C@@H]12. The number of amides is 1.